The number of carbonyl (C=O) groups excluding carboxylic acids is 2. The molecule has 1 rings (SSSR count). The number of rotatable bonds is 5. The van der Waals surface area contributed by atoms with Crippen molar-refractivity contribution in [3.63, 3.8) is 0 Å². The summed E-state index contributed by atoms with van der Waals surface area (Å²) in [6, 6.07) is 2.17. The zero-order valence-electron chi connectivity index (χ0n) is 11.2. The van der Waals surface area contributed by atoms with Gasteiger partial charge in [0.2, 0.25) is 11.8 Å². The molecule has 2 amide bonds. The molecule has 0 bridgehead atoms. The normalized spacial score (nSPS) is 11.3. The smallest absolute Gasteiger partial charge is 0.338 e. The molecule has 1 atom stereocenters. The fourth-order valence-corrected chi connectivity index (χ4v) is 1.54. The summed E-state index contributed by atoms with van der Waals surface area (Å²) in [5.74, 6) is -2.47. The zero-order valence-corrected chi connectivity index (χ0v) is 11.2. The molecule has 0 heterocycles. The molecule has 112 valence electrons. The lowest BCUT2D eigenvalue weighted by atomic mass is 10.1. The highest BCUT2D eigenvalue weighted by Crippen LogP contribution is 2.22. The van der Waals surface area contributed by atoms with Crippen LogP contribution in [-0.4, -0.2) is 33.9 Å². The third-order valence-electron chi connectivity index (χ3n) is 2.52. The van der Waals surface area contributed by atoms with E-state index in [1.54, 1.807) is 0 Å². The molecule has 0 radical (unpaired) electrons. The van der Waals surface area contributed by atoms with Gasteiger partial charge in [-0.1, -0.05) is 0 Å². The van der Waals surface area contributed by atoms with Crippen molar-refractivity contribution in [1.29, 1.82) is 0 Å². The van der Waals surface area contributed by atoms with Crippen LogP contribution in [-0.2, 0) is 9.59 Å². The van der Waals surface area contributed by atoms with Gasteiger partial charge in [-0.3, -0.25) is 19.7 Å². The van der Waals surface area contributed by atoms with Crippen LogP contribution in [0, 0.1) is 10.1 Å². The molecule has 1 unspecified atom stereocenters. The van der Waals surface area contributed by atoms with E-state index in [-0.39, 0.29) is 5.69 Å². The molecule has 3 N–H and O–H groups in total. The van der Waals surface area contributed by atoms with Crippen LogP contribution in [0.4, 0.5) is 11.4 Å². The molecule has 0 aliphatic carbocycles. The number of hydrogen-bond donors (Lipinski definition) is 3. The second-order valence-corrected chi connectivity index (χ2v) is 4.20. The highest BCUT2D eigenvalue weighted by atomic mass is 16.6. The van der Waals surface area contributed by atoms with Gasteiger partial charge in [-0.15, -0.1) is 0 Å². The molecule has 1 aromatic carbocycles. The minimum atomic E-state index is -1.42. The Kier molecular flexibility index (Phi) is 4.95. The van der Waals surface area contributed by atoms with Gasteiger partial charge in [-0.05, 0) is 13.0 Å². The third-order valence-corrected chi connectivity index (χ3v) is 2.52. The summed E-state index contributed by atoms with van der Waals surface area (Å²) in [7, 11) is 0. The van der Waals surface area contributed by atoms with Crippen LogP contribution >= 0.6 is 0 Å². The Balaban J connectivity index is 3.02. The average Bonchev–Trinajstić information content (AvgIpc) is 2.37. The van der Waals surface area contributed by atoms with Gasteiger partial charge in [0.15, 0.2) is 0 Å². The Morgan fingerprint density at radius 3 is 2.43 bits per heavy atom. The van der Waals surface area contributed by atoms with Gasteiger partial charge >= 0.3 is 5.97 Å². The second kappa shape index (κ2) is 6.46. The Morgan fingerprint density at radius 1 is 1.33 bits per heavy atom. The maximum atomic E-state index is 11.8. The highest BCUT2D eigenvalue weighted by molar-refractivity contribution is 6.03. The zero-order chi connectivity index (χ0) is 16.2. The maximum absolute atomic E-state index is 11.8. The predicted molar refractivity (Wildman–Crippen MR) is 72.0 cm³/mol. The first kappa shape index (κ1) is 16.1. The predicted octanol–water partition coefficient (Wildman–Crippen LogP) is 0.756. The van der Waals surface area contributed by atoms with Crippen molar-refractivity contribution in [2.45, 2.75) is 19.9 Å². The molecular formula is C12H13N3O6. The monoisotopic (exact) mass is 295 g/mol. The molecule has 1 aromatic rings. The van der Waals surface area contributed by atoms with E-state index in [4.69, 9.17) is 5.11 Å². The molecule has 0 aromatic heterocycles. The quantitative estimate of drug-likeness (QED) is 0.541. The summed E-state index contributed by atoms with van der Waals surface area (Å²) < 4.78 is 0. The Morgan fingerprint density at radius 2 is 1.95 bits per heavy atom. The highest BCUT2D eigenvalue weighted by Gasteiger charge is 2.20. The van der Waals surface area contributed by atoms with Gasteiger partial charge in [0.1, 0.15) is 6.04 Å². The number of aromatic carboxylic acids is 1. The minimum absolute atomic E-state index is 0.0877. The first-order valence-electron chi connectivity index (χ1n) is 5.82. The number of nitrogens with zero attached hydrogens (tertiary/aromatic N) is 1. The molecule has 9 nitrogen and oxygen atoms in total. The lowest BCUT2D eigenvalue weighted by molar-refractivity contribution is -0.384. The van der Waals surface area contributed by atoms with Crippen molar-refractivity contribution in [1.82, 2.24) is 5.32 Å². The van der Waals surface area contributed by atoms with Crippen molar-refractivity contribution in [2.24, 2.45) is 0 Å². The molecule has 21 heavy (non-hydrogen) atoms. The first-order chi connectivity index (χ1) is 9.72. The summed E-state index contributed by atoms with van der Waals surface area (Å²) in [5.41, 5.74) is -0.900. The van der Waals surface area contributed by atoms with Gasteiger partial charge < -0.3 is 15.7 Å². The number of carboxylic acid groups (broad SMARTS) is 1. The number of hydrogen-bond acceptors (Lipinski definition) is 5. The molecule has 9 heteroatoms. The lowest BCUT2D eigenvalue weighted by Gasteiger charge is -2.14. The fraction of sp³-hybridized carbons (Fsp3) is 0.250. The number of carbonyl (C=O) groups is 3. The van der Waals surface area contributed by atoms with Crippen LogP contribution < -0.4 is 10.6 Å². The third kappa shape index (κ3) is 4.27. The number of nitro groups is 1. The van der Waals surface area contributed by atoms with Crippen LogP contribution in [0.5, 0.6) is 0 Å². The molecular weight excluding hydrogens is 282 g/mol. The van der Waals surface area contributed by atoms with Crippen molar-refractivity contribution in [2.75, 3.05) is 5.32 Å². The summed E-state index contributed by atoms with van der Waals surface area (Å²) in [6.45, 7) is 2.65. The average molecular weight is 295 g/mol. The van der Waals surface area contributed by atoms with Crippen LogP contribution in [0.15, 0.2) is 18.2 Å². The summed E-state index contributed by atoms with van der Waals surface area (Å²) in [6.07, 6.45) is 0. The second-order valence-electron chi connectivity index (χ2n) is 4.20. The summed E-state index contributed by atoms with van der Waals surface area (Å²) in [4.78, 5) is 43.6. The van der Waals surface area contributed by atoms with E-state index in [0.717, 1.165) is 18.2 Å². The topological polar surface area (TPSA) is 139 Å². The van der Waals surface area contributed by atoms with E-state index in [2.05, 4.69) is 10.6 Å². The van der Waals surface area contributed by atoms with Crippen molar-refractivity contribution in [3.05, 3.63) is 33.9 Å². The fourth-order valence-electron chi connectivity index (χ4n) is 1.54. The molecule has 0 saturated carbocycles. The number of amides is 2. The molecule has 0 saturated heterocycles. The van der Waals surface area contributed by atoms with Crippen molar-refractivity contribution >= 4 is 29.2 Å². The van der Waals surface area contributed by atoms with E-state index in [0.29, 0.717) is 0 Å². The van der Waals surface area contributed by atoms with E-state index in [9.17, 15) is 24.5 Å². The Labute approximate surface area is 119 Å². The Hall–Kier alpha value is -2.97. The standard InChI is InChI=1S/C12H13N3O6/c1-6(13-7(2)16)11(17)14-10-4-3-8(15(20)21)5-9(10)12(18)19/h3-6H,1-2H3,(H,13,16)(H,14,17)(H,18,19). The molecule has 0 aliphatic heterocycles. The van der Waals surface area contributed by atoms with Gasteiger partial charge in [-0.25, -0.2) is 4.79 Å². The number of benzene rings is 1. The Bertz CT molecular complexity index is 613. The van der Waals surface area contributed by atoms with E-state index >= 15 is 0 Å². The minimum Gasteiger partial charge on any atom is -0.478 e. The number of non-ortho nitro benzene ring substituents is 1. The van der Waals surface area contributed by atoms with Gasteiger partial charge in [0.25, 0.3) is 5.69 Å². The maximum Gasteiger partial charge on any atom is 0.338 e. The molecule has 0 spiro atoms. The van der Waals surface area contributed by atoms with Crippen molar-refractivity contribution in [3.8, 4) is 0 Å². The van der Waals surface area contributed by atoms with Crippen LogP contribution in [0.3, 0.4) is 0 Å². The van der Waals surface area contributed by atoms with E-state index in [1.807, 2.05) is 0 Å². The summed E-state index contributed by atoms with van der Waals surface area (Å²) >= 11 is 0. The lowest BCUT2D eigenvalue weighted by Crippen LogP contribution is -2.40. The van der Waals surface area contributed by atoms with Crippen LogP contribution in [0.2, 0.25) is 0 Å². The molecule has 0 fully saturated rings. The van der Waals surface area contributed by atoms with Crippen molar-refractivity contribution < 1.29 is 24.4 Å². The largest absolute Gasteiger partial charge is 0.478 e. The van der Waals surface area contributed by atoms with Crippen LogP contribution in [0.1, 0.15) is 24.2 Å². The van der Waals surface area contributed by atoms with Gasteiger partial charge in [0, 0.05) is 19.1 Å². The summed E-state index contributed by atoms with van der Waals surface area (Å²) in [5, 5.41) is 24.3. The van der Waals surface area contributed by atoms with Gasteiger partial charge in [-0.2, -0.15) is 0 Å². The van der Waals surface area contributed by atoms with Gasteiger partial charge in [0.05, 0.1) is 16.2 Å². The number of anilines is 1. The number of nitro benzene ring substituents is 1. The van der Waals surface area contributed by atoms with E-state index in [1.165, 1.54) is 13.8 Å². The first-order valence-corrected chi connectivity index (χ1v) is 5.82. The van der Waals surface area contributed by atoms with E-state index < -0.39 is 40.0 Å². The number of carboxylic acids is 1. The SMILES string of the molecule is CC(=O)NC(C)C(=O)Nc1ccc([N+](=O)[O-])cc1C(=O)O. The number of nitrogens with one attached hydrogen (secondary N) is 2. The molecule has 0 aliphatic rings. The van der Waals surface area contributed by atoms with Crippen LogP contribution in [0.25, 0.3) is 0 Å².